The lowest BCUT2D eigenvalue weighted by Gasteiger charge is -2.48. The number of likely N-dealkylation sites (tertiary alicyclic amines) is 1. The third-order valence-corrected chi connectivity index (χ3v) is 7.00. The summed E-state index contributed by atoms with van der Waals surface area (Å²) in [4.78, 5) is 29.5. The van der Waals surface area contributed by atoms with Crippen molar-refractivity contribution >= 4 is 11.6 Å². The Bertz CT molecular complexity index is 684. The van der Waals surface area contributed by atoms with Crippen molar-refractivity contribution in [2.75, 3.05) is 6.54 Å². The molecule has 1 N–H and O–H groups in total. The highest BCUT2D eigenvalue weighted by atomic mass is 16.1. The fourth-order valence-corrected chi connectivity index (χ4v) is 6.12. The number of hydrogen-bond acceptors (Lipinski definition) is 4. The lowest BCUT2D eigenvalue weighted by atomic mass is 9.72. The zero-order valence-corrected chi connectivity index (χ0v) is 24.4. The van der Waals surface area contributed by atoms with Crippen LogP contribution in [0.4, 0.5) is 0 Å². The fraction of sp³-hybridized carbons (Fsp3) is 0.931. The van der Waals surface area contributed by atoms with E-state index in [9.17, 15) is 9.59 Å². The van der Waals surface area contributed by atoms with Gasteiger partial charge in [-0.05, 0) is 80.7 Å². The summed E-state index contributed by atoms with van der Waals surface area (Å²) in [7, 11) is 0. The molecule has 4 nitrogen and oxygen atoms in total. The summed E-state index contributed by atoms with van der Waals surface area (Å²) in [6.07, 6.45) is 6.83. The van der Waals surface area contributed by atoms with Crippen LogP contribution in [0.1, 0.15) is 135 Å². The number of hydrogen-bond donors (Lipinski definition) is 1. The highest BCUT2D eigenvalue weighted by Gasteiger charge is 2.53. The van der Waals surface area contributed by atoms with E-state index >= 15 is 0 Å². The summed E-state index contributed by atoms with van der Waals surface area (Å²) < 4.78 is 0. The first-order valence-corrected chi connectivity index (χ1v) is 13.2. The van der Waals surface area contributed by atoms with Gasteiger partial charge >= 0.3 is 0 Å². The summed E-state index contributed by atoms with van der Waals surface area (Å²) in [5.74, 6) is 0.670. The van der Waals surface area contributed by atoms with Gasteiger partial charge < -0.3 is 5.32 Å². The van der Waals surface area contributed by atoms with Gasteiger partial charge in [-0.25, -0.2) is 0 Å². The van der Waals surface area contributed by atoms with Gasteiger partial charge in [0.2, 0.25) is 0 Å². The van der Waals surface area contributed by atoms with E-state index in [0.29, 0.717) is 5.78 Å². The maximum absolute atomic E-state index is 13.7. The molecule has 0 radical (unpaired) electrons. The minimum absolute atomic E-state index is 0.0221. The van der Waals surface area contributed by atoms with Crippen molar-refractivity contribution < 1.29 is 9.59 Å². The van der Waals surface area contributed by atoms with E-state index in [-0.39, 0.29) is 33.2 Å². The van der Waals surface area contributed by atoms with Crippen LogP contribution in [0, 0.1) is 10.8 Å². The van der Waals surface area contributed by atoms with Crippen molar-refractivity contribution in [2.24, 2.45) is 10.8 Å². The van der Waals surface area contributed by atoms with E-state index in [1.165, 1.54) is 0 Å². The Kier molecular flexibility index (Phi) is 9.26. The van der Waals surface area contributed by atoms with Crippen molar-refractivity contribution in [3.63, 3.8) is 0 Å². The largest absolute Gasteiger partial charge is 0.300 e. The van der Waals surface area contributed by atoms with Crippen LogP contribution in [0.3, 0.4) is 0 Å². The Labute approximate surface area is 206 Å². The highest BCUT2D eigenvalue weighted by Crippen LogP contribution is 2.44. The Morgan fingerprint density at radius 2 is 1.33 bits per heavy atom. The average molecular weight is 465 g/mol. The summed E-state index contributed by atoms with van der Waals surface area (Å²) in [5.41, 5.74) is -1.78. The Morgan fingerprint density at radius 1 is 0.788 bits per heavy atom. The molecule has 1 saturated heterocycles. The molecule has 33 heavy (non-hydrogen) atoms. The van der Waals surface area contributed by atoms with Gasteiger partial charge in [0.15, 0.2) is 11.6 Å². The second-order valence-electron chi connectivity index (χ2n) is 14.9. The molecule has 1 fully saturated rings. The smallest absolute Gasteiger partial charge is 0.158 e. The molecule has 194 valence electrons. The third kappa shape index (κ3) is 7.88. The van der Waals surface area contributed by atoms with Crippen molar-refractivity contribution in [3.8, 4) is 0 Å². The van der Waals surface area contributed by atoms with Crippen molar-refractivity contribution in [1.29, 1.82) is 0 Å². The molecule has 1 aliphatic heterocycles. The van der Waals surface area contributed by atoms with Gasteiger partial charge in [0.1, 0.15) is 0 Å². The number of nitrogens with zero attached hydrogens (tertiary/aromatic N) is 1. The van der Waals surface area contributed by atoms with Crippen molar-refractivity contribution in [1.82, 2.24) is 10.2 Å². The molecule has 0 aromatic rings. The molecule has 0 aromatic carbocycles. The summed E-state index contributed by atoms with van der Waals surface area (Å²) >= 11 is 0. The molecular formula is C29H56N2O2. The number of unbranched alkanes of at least 4 members (excludes halogenated alkanes) is 2. The Balaban J connectivity index is 2.95. The zero-order valence-electron chi connectivity index (χ0n) is 24.4. The first-order chi connectivity index (χ1) is 14.6. The van der Waals surface area contributed by atoms with Gasteiger partial charge in [-0.3, -0.25) is 14.5 Å². The van der Waals surface area contributed by atoms with E-state index in [4.69, 9.17) is 0 Å². The predicted molar refractivity (Wildman–Crippen MR) is 142 cm³/mol. The summed E-state index contributed by atoms with van der Waals surface area (Å²) in [6, 6.07) is 0. The van der Waals surface area contributed by atoms with E-state index in [1.807, 2.05) is 20.8 Å². The molecule has 1 aliphatic rings. The van der Waals surface area contributed by atoms with E-state index in [0.717, 1.165) is 51.5 Å². The lowest BCUT2D eigenvalue weighted by molar-refractivity contribution is -0.141. The molecule has 0 spiro atoms. The molecule has 4 heteroatoms. The SMILES string of the molecule is CC(C)(C)N[C@@](C)(CCCCC[C@@]1(C(=O)C(C)(C)C)CCCN1C(C)(C)C)C(=O)C(C)(C)C. The van der Waals surface area contributed by atoms with E-state index in [2.05, 4.69) is 79.5 Å². The van der Waals surface area contributed by atoms with Crippen molar-refractivity contribution in [3.05, 3.63) is 0 Å². The van der Waals surface area contributed by atoms with Gasteiger partial charge in [-0.1, -0.05) is 60.8 Å². The fourth-order valence-electron chi connectivity index (χ4n) is 6.12. The number of nitrogens with one attached hydrogen (secondary N) is 1. The monoisotopic (exact) mass is 464 g/mol. The van der Waals surface area contributed by atoms with Gasteiger partial charge in [0, 0.05) is 21.9 Å². The molecule has 0 amide bonds. The van der Waals surface area contributed by atoms with E-state index in [1.54, 1.807) is 0 Å². The van der Waals surface area contributed by atoms with Gasteiger partial charge in [0.05, 0.1) is 11.1 Å². The Morgan fingerprint density at radius 3 is 1.76 bits per heavy atom. The molecular weight excluding hydrogens is 408 g/mol. The minimum atomic E-state index is -0.541. The number of rotatable bonds is 9. The third-order valence-electron chi connectivity index (χ3n) is 7.00. The first-order valence-electron chi connectivity index (χ1n) is 13.2. The normalized spacial score (nSPS) is 22.9. The topological polar surface area (TPSA) is 49.4 Å². The van der Waals surface area contributed by atoms with Crippen LogP contribution in [0.2, 0.25) is 0 Å². The minimum Gasteiger partial charge on any atom is -0.300 e. The van der Waals surface area contributed by atoms with Crippen LogP contribution in [-0.2, 0) is 9.59 Å². The molecule has 0 bridgehead atoms. The Hall–Kier alpha value is -0.740. The van der Waals surface area contributed by atoms with Crippen LogP contribution in [0.5, 0.6) is 0 Å². The van der Waals surface area contributed by atoms with Gasteiger partial charge in [-0.15, -0.1) is 0 Å². The standard InChI is InChI=1S/C29H56N2O2/c1-24(2,3)22(32)28(13,30-26(7,8)9)18-15-14-16-19-29(23(33)25(4,5)6)20-17-21-31(29)27(10,11)12/h30H,14-21H2,1-13H3/t28-,29-/m0/s1. The maximum atomic E-state index is 13.7. The lowest BCUT2D eigenvalue weighted by Crippen LogP contribution is -2.60. The number of ketones is 2. The van der Waals surface area contributed by atoms with Crippen LogP contribution in [-0.4, -0.2) is 45.2 Å². The summed E-state index contributed by atoms with van der Waals surface area (Å²) in [5, 5.41) is 3.63. The predicted octanol–water partition coefficient (Wildman–Crippen LogP) is 6.95. The second-order valence-corrected chi connectivity index (χ2v) is 14.9. The van der Waals surface area contributed by atoms with Crippen LogP contribution in [0.25, 0.3) is 0 Å². The molecule has 1 heterocycles. The molecule has 0 aliphatic carbocycles. The maximum Gasteiger partial charge on any atom is 0.158 e. The molecule has 2 atom stereocenters. The highest BCUT2D eigenvalue weighted by molar-refractivity contribution is 5.93. The van der Waals surface area contributed by atoms with Gasteiger partial charge in [-0.2, -0.15) is 0 Å². The molecule has 0 unspecified atom stereocenters. The summed E-state index contributed by atoms with van der Waals surface area (Å²) in [6.45, 7) is 28.4. The van der Waals surface area contributed by atoms with Crippen LogP contribution < -0.4 is 5.32 Å². The van der Waals surface area contributed by atoms with Crippen molar-refractivity contribution in [2.45, 2.75) is 157 Å². The number of carbonyl (C=O) groups is 2. The first kappa shape index (κ1) is 30.3. The molecule has 0 aromatic heterocycles. The molecule has 0 saturated carbocycles. The molecule has 1 rings (SSSR count). The van der Waals surface area contributed by atoms with Crippen LogP contribution >= 0.6 is 0 Å². The van der Waals surface area contributed by atoms with Crippen LogP contribution in [0.15, 0.2) is 0 Å². The number of carbonyl (C=O) groups excluding carboxylic acids is 2. The second kappa shape index (κ2) is 10.1. The number of Topliss-reactive ketones (excluding diaryl/α,β-unsaturated/α-hetero) is 2. The quantitative estimate of drug-likeness (QED) is 0.375. The van der Waals surface area contributed by atoms with Gasteiger partial charge in [0.25, 0.3) is 0 Å². The zero-order chi connectivity index (χ0) is 26.1. The van der Waals surface area contributed by atoms with E-state index < -0.39 is 5.54 Å². The average Bonchev–Trinajstić information content (AvgIpc) is 3.02.